The molecule has 0 aliphatic carbocycles. The van der Waals surface area contributed by atoms with Crippen LogP contribution in [0.25, 0.3) is 0 Å². The molecule has 0 spiro atoms. The van der Waals surface area contributed by atoms with Crippen molar-refractivity contribution in [1.29, 1.82) is 5.26 Å². The zero-order valence-electron chi connectivity index (χ0n) is 10.9. The van der Waals surface area contributed by atoms with E-state index in [4.69, 9.17) is 10.4 Å². The molecule has 0 aromatic heterocycles. The zero-order chi connectivity index (χ0) is 14.5. The van der Waals surface area contributed by atoms with E-state index in [2.05, 4.69) is 4.90 Å². The van der Waals surface area contributed by atoms with Crippen LogP contribution < -0.4 is 0 Å². The van der Waals surface area contributed by atoms with Gasteiger partial charge in [0.15, 0.2) is 0 Å². The summed E-state index contributed by atoms with van der Waals surface area (Å²) in [4.78, 5) is 13.0. The highest BCUT2D eigenvalue weighted by Gasteiger charge is 2.25. The molecular formula is C14H15FN2O2S. The third kappa shape index (κ3) is 3.71. The molecular weight excluding hydrogens is 279 g/mol. The molecule has 1 aliphatic heterocycles. The number of benzene rings is 1. The molecule has 1 aromatic carbocycles. The van der Waals surface area contributed by atoms with Crippen LogP contribution in [-0.4, -0.2) is 40.1 Å². The smallest absolute Gasteiger partial charge is 0.304 e. The Labute approximate surface area is 121 Å². The van der Waals surface area contributed by atoms with Gasteiger partial charge in [-0.15, -0.1) is 0 Å². The minimum absolute atomic E-state index is 0.0122. The lowest BCUT2D eigenvalue weighted by atomic mass is 10.1. The van der Waals surface area contributed by atoms with Gasteiger partial charge in [-0.05, 0) is 17.7 Å². The fourth-order valence-corrected chi connectivity index (χ4v) is 3.41. The maximum atomic E-state index is 13.3. The number of carbonyl (C=O) groups is 1. The van der Waals surface area contributed by atoms with Gasteiger partial charge in [0.25, 0.3) is 0 Å². The number of nitrogens with zero attached hydrogens (tertiary/aromatic N) is 2. The van der Waals surface area contributed by atoms with E-state index in [-0.39, 0.29) is 18.0 Å². The van der Waals surface area contributed by atoms with E-state index in [9.17, 15) is 9.18 Å². The molecule has 1 aromatic rings. The minimum Gasteiger partial charge on any atom is -0.481 e. The monoisotopic (exact) mass is 294 g/mol. The molecule has 1 atom stereocenters. The van der Waals surface area contributed by atoms with Gasteiger partial charge in [0.2, 0.25) is 0 Å². The van der Waals surface area contributed by atoms with Crippen molar-refractivity contribution in [3.8, 4) is 6.07 Å². The summed E-state index contributed by atoms with van der Waals surface area (Å²) in [5.74, 6) is 0.424. The molecule has 0 amide bonds. The first-order chi connectivity index (χ1) is 9.60. The Morgan fingerprint density at radius 3 is 3.10 bits per heavy atom. The molecule has 4 nitrogen and oxygen atoms in total. The Hall–Kier alpha value is -1.58. The van der Waals surface area contributed by atoms with E-state index in [1.165, 1.54) is 12.1 Å². The average Bonchev–Trinajstić information content (AvgIpc) is 2.42. The van der Waals surface area contributed by atoms with Gasteiger partial charge < -0.3 is 5.11 Å². The van der Waals surface area contributed by atoms with Crippen LogP contribution in [0.2, 0.25) is 0 Å². The molecule has 1 saturated heterocycles. The van der Waals surface area contributed by atoms with Crippen molar-refractivity contribution < 1.29 is 14.3 Å². The number of carboxylic acids is 1. The predicted octanol–water partition coefficient (Wildman–Crippen LogP) is 2.09. The molecule has 20 heavy (non-hydrogen) atoms. The van der Waals surface area contributed by atoms with Crippen LogP contribution in [0, 0.1) is 17.1 Å². The largest absolute Gasteiger partial charge is 0.481 e. The van der Waals surface area contributed by atoms with Crippen LogP contribution in [0.15, 0.2) is 18.2 Å². The number of hydrogen-bond donors (Lipinski definition) is 1. The number of halogens is 1. The van der Waals surface area contributed by atoms with Gasteiger partial charge >= 0.3 is 5.97 Å². The highest BCUT2D eigenvalue weighted by molar-refractivity contribution is 7.99. The predicted molar refractivity (Wildman–Crippen MR) is 74.9 cm³/mol. The molecule has 1 unspecified atom stereocenters. The maximum absolute atomic E-state index is 13.3. The van der Waals surface area contributed by atoms with E-state index < -0.39 is 11.8 Å². The summed E-state index contributed by atoms with van der Waals surface area (Å²) in [6, 6.07) is 6.29. The van der Waals surface area contributed by atoms with Gasteiger partial charge in [0.05, 0.1) is 12.0 Å². The van der Waals surface area contributed by atoms with E-state index in [0.29, 0.717) is 6.54 Å². The Balaban J connectivity index is 2.10. The summed E-state index contributed by atoms with van der Waals surface area (Å²) in [7, 11) is 0. The molecule has 1 N–H and O–H groups in total. The number of rotatable bonds is 4. The van der Waals surface area contributed by atoms with Crippen molar-refractivity contribution in [3.63, 3.8) is 0 Å². The lowest BCUT2D eigenvalue weighted by Gasteiger charge is -2.34. The number of nitriles is 1. The molecule has 6 heteroatoms. The lowest BCUT2D eigenvalue weighted by Crippen LogP contribution is -2.42. The van der Waals surface area contributed by atoms with Gasteiger partial charge in [0, 0.05) is 30.6 Å². The number of carboxylic acid groups (broad SMARTS) is 1. The molecule has 1 aliphatic rings. The van der Waals surface area contributed by atoms with Gasteiger partial charge in [-0.3, -0.25) is 9.69 Å². The summed E-state index contributed by atoms with van der Waals surface area (Å²) in [6.45, 7) is 1.36. The van der Waals surface area contributed by atoms with E-state index in [0.717, 1.165) is 23.6 Å². The highest BCUT2D eigenvalue weighted by Crippen LogP contribution is 2.22. The van der Waals surface area contributed by atoms with Crippen LogP contribution in [0.1, 0.15) is 17.5 Å². The van der Waals surface area contributed by atoms with E-state index in [1.807, 2.05) is 6.07 Å². The quantitative estimate of drug-likeness (QED) is 0.921. The van der Waals surface area contributed by atoms with Crippen LogP contribution in [-0.2, 0) is 11.3 Å². The molecule has 0 bridgehead atoms. The summed E-state index contributed by atoms with van der Waals surface area (Å²) < 4.78 is 13.3. The van der Waals surface area contributed by atoms with E-state index in [1.54, 1.807) is 17.8 Å². The third-order valence-electron chi connectivity index (χ3n) is 3.30. The Kier molecular flexibility index (Phi) is 4.99. The van der Waals surface area contributed by atoms with Crippen molar-refractivity contribution >= 4 is 17.7 Å². The standard InChI is InChI=1S/C14H15FN2O2S/c15-13-2-1-10(5-11(13)7-16)8-17-3-4-20-9-12(17)6-14(18)19/h1-2,5,12H,3-4,6,8-9H2,(H,18,19). The number of hydrogen-bond acceptors (Lipinski definition) is 4. The molecule has 2 rings (SSSR count). The summed E-state index contributed by atoms with van der Waals surface area (Å²) in [5.41, 5.74) is 0.869. The second kappa shape index (κ2) is 6.73. The van der Waals surface area contributed by atoms with Crippen molar-refractivity contribution in [2.24, 2.45) is 0 Å². The first kappa shape index (κ1) is 14.8. The van der Waals surface area contributed by atoms with Crippen LogP contribution in [0.5, 0.6) is 0 Å². The Bertz CT molecular complexity index is 544. The zero-order valence-corrected chi connectivity index (χ0v) is 11.7. The number of thioether (sulfide) groups is 1. The average molecular weight is 294 g/mol. The van der Waals surface area contributed by atoms with Crippen molar-refractivity contribution in [2.45, 2.75) is 19.0 Å². The molecule has 106 valence electrons. The molecule has 1 fully saturated rings. The normalized spacial score (nSPS) is 19.5. The van der Waals surface area contributed by atoms with Gasteiger partial charge in [0.1, 0.15) is 11.9 Å². The second-order valence-corrected chi connectivity index (χ2v) is 5.87. The summed E-state index contributed by atoms with van der Waals surface area (Å²) >= 11 is 1.75. The van der Waals surface area contributed by atoms with Crippen LogP contribution in [0.4, 0.5) is 4.39 Å². The van der Waals surface area contributed by atoms with Crippen molar-refractivity contribution in [3.05, 3.63) is 35.1 Å². The van der Waals surface area contributed by atoms with Crippen LogP contribution in [0.3, 0.4) is 0 Å². The topological polar surface area (TPSA) is 64.3 Å². The van der Waals surface area contributed by atoms with Gasteiger partial charge in [-0.1, -0.05) is 6.07 Å². The molecule has 0 radical (unpaired) electrons. The molecule has 0 saturated carbocycles. The Morgan fingerprint density at radius 1 is 1.60 bits per heavy atom. The third-order valence-corrected chi connectivity index (χ3v) is 4.39. The molecule has 1 heterocycles. The first-order valence-corrected chi connectivity index (χ1v) is 7.47. The summed E-state index contributed by atoms with van der Waals surface area (Å²) in [6.07, 6.45) is 0.110. The van der Waals surface area contributed by atoms with Crippen LogP contribution >= 0.6 is 11.8 Å². The first-order valence-electron chi connectivity index (χ1n) is 6.32. The van der Waals surface area contributed by atoms with Crippen molar-refractivity contribution in [1.82, 2.24) is 4.90 Å². The van der Waals surface area contributed by atoms with E-state index >= 15 is 0 Å². The van der Waals surface area contributed by atoms with Gasteiger partial charge in [-0.25, -0.2) is 4.39 Å². The second-order valence-electron chi connectivity index (χ2n) is 4.72. The minimum atomic E-state index is -0.806. The maximum Gasteiger partial charge on any atom is 0.304 e. The highest BCUT2D eigenvalue weighted by atomic mass is 32.2. The fourth-order valence-electron chi connectivity index (χ4n) is 2.28. The number of aliphatic carboxylic acids is 1. The summed E-state index contributed by atoms with van der Waals surface area (Å²) in [5, 5.41) is 17.8. The lowest BCUT2D eigenvalue weighted by molar-refractivity contribution is -0.138. The van der Waals surface area contributed by atoms with Crippen molar-refractivity contribution in [2.75, 3.05) is 18.1 Å². The van der Waals surface area contributed by atoms with Gasteiger partial charge in [-0.2, -0.15) is 17.0 Å². The fraction of sp³-hybridized carbons (Fsp3) is 0.429. The SMILES string of the molecule is N#Cc1cc(CN2CCSCC2CC(=O)O)ccc1F. The Morgan fingerprint density at radius 2 is 2.40 bits per heavy atom.